The van der Waals surface area contributed by atoms with Crippen molar-refractivity contribution in [1.29, 1.82) is 0 Å². The molecule has 0 fully saturated rings. The molecule has 3 heterocycles. The molecule has 1 atom stereocenters. The third kappa shape index (κ3) is 2.94. The first-order valence-corrected chi connectivity index (χ1v) is 9.79. The van der Waals surface area contributed by atoms with E-state index in [2.05, 4.69) is 0 Å². The van der Waals surface area contributed by atoms with Gasteiger partial charge in [0.05, 0.1) is 11.8 Å². The molecule has 0 bridgehead atoms. The predicted molar refractivity (Wildman–Crippen MR) is 108 cm³/mol. The Morgan fingerprint density at radius 1 is 1.10 bits per heavy atom. The molecule has 158 valence electrons. The monoisotopic (exact) mass is 422 g/mol. The summed E-state index contributed by atoms with van der Waals surface area (Å²) >= 11 is 0. The van der Waals surface area contributed by atoms with Crippen LogP contribution in [0.15, 0.2) is 33.5 Å². The van der Waals surface area contributed by atoms with Crippen molar-refractivity contribution in [2.75, 3.05) is 13.2 Å². The third-order valence-electron chi connectivity index (χ3n) is 5.60. The number of rotatable bonds is 2. The number of phenolic OH excluding ortho intramolecular Hbond substituents is 1. The van der Waals surface area contributed by atoms with E-state index in [0.717, 1.165) is 0 Å². The van der Waals surface area contributed by atoms with Crippen LogP contribution in [0.4, 0.5) is 0 Å². The van der Waals surface area contributed by atoms with Gasteiger partial charge in [-0.3, -0.25) is 9.59 Å². The molecule has 0 amide bonds. The summed E-state index contributed by atoms with van der Waals surface area (Å²) < 4.78 is 22.1. The molecule has 1 aromatic heterocycles. The Bertz CT molecular complexity index is 1330. The highest BCUT2D eigenvalue weighted by Gasteiger charge is 2.37. The molecule has 0 saturated heterocycles. The second-order valence-corrected chi connectivity index (χ2v) is 7.61. The topological polar surface area (TPSA) is 112 Å². The lowest BCUT2D eigenvalue weighted by atomic mass is 9.82. The van der Waals surface area contributed by atoms with Gasteiger partial charge in [0.2, 0.25) is 0 Å². The van der Waals surface area contributed by atoms with E-state index in [-0.39, 0.29) is 34.5 Å². The summed E-state index contributed by atoms with van der Waals surface area (Å²) in [5.74, 6) is -0.952. The van der Waals surface area contributed by atoms with Gasteiger partial charge >= 0.3 is 11.6 Å². The van der Waals surface area contributed by atoms with Crippen LogP contribution in [0.2, 0.25) is 0 Å². The summed E-state index contributed by atoms with van der Waals surface area (Å²) in [4.78, 5) is 37.1. The van der Waals surface area contributed by atoms with Gasteiger partial charge in [-0.1, -0.05) is 6.07 Å². The van der Waals surface area contributed by atoms with Gasteiger partial charge < -0.3 is 23.7 Å². The zero-order chi connectivity index (χ0) is 21.9. The molecular formula is C23H18O8. The summed E-state index contributed by atoms with van der Waals surface area (Å²) in [5, 5.41) is 11.1. The molecule has 0 saturated carbocycles. The molecule has 0 aliphatic carbocycles. The zero-order valence-corrected chi connectivity index (χ0v) is 16.8. The number of hydrogen-bond donors (Lipinski definition) is 1. The van der Waals surface area contributed by atoms with Crippen molar-refractivity contribution in [2.24, 2.45) is 0 Å². The summed E-state index contributed by atoms with van der Waals surface area (Å²) in [6.07, 6.45) is -0.0402. The molecule has 8 heteroatoms. The Kier molecular flexibility index (Phi) is 4.25. The number of aromatic hydroxyl groups is 1. The molecule has 5 rings (SSSR count). The van der Waals surface area contributed by atoms with Gasteiger partial charge in [0.25, 0.3) is 0 Å². The first-order chi connectivity index (χ1) is 14.8. The number of esters is 1. The largest absolute Gasteiger partial charge is 0.506 e. The third-order valence-corrected chi connectivity index (χ3v) is 5.60. The lowest BCUT2D eigenvalue weighted by molar-refractivity contribution is -0.135. The van der Waals surface area contributed by atoms with Crippen molar-refractivity contribution >= 4 is 22.7 Å². The van der Waals surface area contributed by atoms with Gasteiger partial charge in [-0.2, -0.15) is 0 Å². The van der Waals surface area contributed by atoms with E-state index in [4.69, 9.17) is 18.6 Å². The minimum absolute atomic E-state index is 0.0402. The van der Waals surface area contributed by atoms with Gasteiger partial charge in [0.15, 0.2) is 23.0 Å². The highest BCUT2D eigenvalue weighted by Crippen LogP contribution is 2.50. The van der Waals surface area contributed by atoms with Crippen LogP contribution in [0.1, 0.15) is 46.3 Å². The van der Waals surface area contributed by atoms with Gasteiger partial charge in [0.1, 0.15) is 30.1 Å². The van der Waals surface area contributed by atoms with Crippen LogP contribution in [-0.2, 0) is 4.79 Å². The van der Waals surface area contributed by atoms with Crippen LogP contribution in [0, 0.1) is 6.92 Å². The van der Waals surface area contributed by atoms with Gasteiger partial charge in [-0.15, -0.1) is 0 Å². The number of hydrogen-bond acceptors (Lipinski definition) is 8. The molecule has 0 spiro atoms. The maximum atomic E-state index is 12.5. The summed E-state index contributed by atoms with van der Waals surface area (Å²) in [6, 6.07) is 6.55. The highest BCUT2D eigenvalue weighted by molar-refractivity contribution is 6.09. The van der Waals surface area contributed by atoms with E-state index < -0.39 is 23.3 Å². The van der Waals surface area contributed by atoms with Crippen LogP contribution >= 0.6 is 0 Å². The van der Waals surface area contributed by atoms with Gasteiger partial charge in [-0.25, -0.2) is 4.79 Å². The smallest absolute Gasteiger partial charge is 0.336 e. The highest BCUT2D eigenvalue weighted by atomic mass is 16.6. The number of benzene rings is 2. The van der Waals surface area contributed by atoms with Gasteiger partial charge in [-0.05, 0) is 37.1 Å². The molecule has 2 aliphatic heterocycles. The Balaban J connectivity index is 1.86. The van der Waals surface area contributed by atoms with E-state index in [1.807, 2.05) is 0 Å². The maximum Gasteiger partial charge on any atom is 0.336 e. The molecule has 3 aromatic rings. The van der Waals surface area contributed by atoms with Crippen molar-refractivity contribution in [3.05, 3.63) is 56.9 Å². The average molecular weight is 422 g/mol. The SMILES string of the molecule is CC(=O)c1c2c(c3oc(=O)cc(C)c3c1O)[C@H](c1ccc3c(c1)OCCO3)CC(=O)O2. The minimum atomic E-state index is -0.611. The lowest BCUT2D eigenvalue weighted by Gasteiger charge is -2.28. The standard InChI is InChI=1S/C23H18O8/c1-10-7-16(25)30-22-18(10)21(27)19(11(2)24)23-20(22)13(9-17(26)31-23)12-3-4-14-15(8-12)29-6-5-28-14/h3-4,7-8,13,27H,5-6,9H2,1-2H3/t13-/m0/s1. The van der Waals surface area contributed by atoms with Crippen LogP contribution < -0.4 is 19.8 Å². The first-order valence-electron chi connectivity index (χ1n) is 9.79. The second-order valence-electron chi connectivity index (χ2n) is 7.61. The summed E-state index contributed by atoms with van der Waals surface area (Å²) in [5.41, 5.74) is 0.889. The maximum absolute atomic E-state index is 12.5. The Morgan fingerprint density at radius 3 is 2.58 bits per heavy atom. The lowest BCUT2D eigenvalue weighted by Crippen LogP contribution is -2.24. The fourth-order valence-corrected chi connectivity index (χ4v) is 4.30. The van der Waals surface area contributed by atoms with E-state index in [0.29, 0.717) is 41.4 Å². The zero-order valence-electron chi connectivity index (χ0n) is 16.8. The molecule has 0 unspecified atom stereocenters. The normalized spacial score (nSPS) is 17.2. The number of aryl methyl sites for hydroxylation is 1. The summed E-state index contributed by atoms with van der Waals surface area (Å²) in [6.45, 7) is 3.76. The molecule has 2 aliphatic rings. The number of carbonyl (C=O) groups excluding carboxylic acids is 2. The molecule has 8 nitrogen and oxygen atoms in total. The van der Waals surface area contributed by atoms with E-state index in [9.17, 15) is 19.5 Å². The number of carbonyl (C=O) groups is 2. The van der Waals surface area contributed by atoms with Crippen molar-refractivity contribution in [3.8, 4) is 23.0 Å². The van der Waals surface area contributed by atoms with Crippen LogP contribution in [0.25, 0.3) is 11.0 Å². The van der Waals surface area contributed by atoms with E-state index in [1.165, 1.54) is 13.0 Å². The second kappa shape index (κ2) is 6.87. The molecular weight excluding hydrogens is 404 g/mol. The Morgan fingerprint density at radius 2 is 1.84 bits per heavy atom. The quantitative estimate of drug-likeness (QED) is 0.290. The Hall–Kier alpha value is -3.81. The van der Waals surface area contributed by atoms with Gasteiger partial charge in [0, 0.05) is 17.5 Å². The van der Waals surface area contributed by atoms with E-state index in [1.54, 1.807) is 25.1 Å². The summed E-state index contributed by atoms with van der Waals surface area (Å²) in [7, 11) is 0. The number of fused-ring (bicyclic) bond motifs is 4. The van der Waals surface area contributed by atoms with E-state index >= 15 is 0 Å². The van der Waals surface area contributed by atoms with Crippen LogP contribution in [-0.4, -0.2) is 30.1 Å². The van der Waals surface area contributed by atoms with Crippen LogP contribution in [0.5, 0.6) is 23.0 Å². The van der Waals surface area contributed by atoms with Crippen molar-refractivity contribution in [1.82, 2.24) is 0 Å². The number of ketones is 1. The van der Waals surface area contributed by atoms with Crippen LogP contribution in [0.3, 0.4) is 0 Å². The molecule has 0 radical (unpaired) electrons. The molecule has 1 N–H and O–H groups in total. The number of ether oxygens (including phenoxy) is 3. The average Bonchev–Trinajstić information content (AvgIpc) is 2.71. The fraction of sp³-hybridized carbons (Fsp3) is 0.261. The van der Waals surface area contributed by atoms with Crippen molar-refractivity contribution in [2.45, 2.75) is 26.2 Å². The van der Waals surface area contributed by atoms with Crippen molar-refractivity contribution in [3.63, 3.8) is 0 Å². The number of Topliss-reactive ketones (excluding diaryl/α,β-unsaturated/α-hetero) is 1. The predicted octanol–water partition coefficient (Wildman–Crippen LogP) is 3.22. The minimum Gasteiger partial charge on any atom is -0.506 e. The molecule has 31 heavy (non-hydrogen) atoms. The first kappa shape index (κ1) is 19.2. The Labute approximate surface area is 176 Å². The molecule has 2 aromatic carbocycles. The number of phenols is 1. The van der Waals surface area contributed by atoms with Crippen molar-refractivity contribution < 1.29 is 33.3 Å². The fourth-order valence-electron chi connectivity index (χ4n) is 4.30.